The van der Waals surface area contributed by atoms with Gasteiger partial charge in [0.25, 0.3) is 0 Å². The number of rotatable bonds is 7. The average molecular weight is 271 g/mol. The van der Waals surface area contributed by atoms with Crippen LogP contribution >= 0.6 is 11.3 Å². The minimum absolute atomic E-state index is 0.163. The smallest absolute Gasteiger partial charge is 0.341 e. The van der Waals surface area contributed by atoms with E-state index >= 15 is 0 Å². The molecule has 0 aromatic carbocycles. The molecule has 0 atom stereocenters. The normalized spacial score (nSPS) is 10.3. The first-order valence-corrected chi connectivity index (χ1v) is 6.69. The monoisotopic (exact) mass is 271 g/mol. The van der Waals surface area contributed by atoms with E-state index in [0.717, 1.165) is 11.3 Å². The van der Waals surface area contributed by atoms with E-state index in [1.807, 2.05) is 0 Å². The lowest BCUT2D eigenvalue weighted by molar-refractivity contribution is -0.137. The molecule has 1 heterocycles. The number of anilines is 1. The van der Waals surface area contributed by atoms with Crippen LogP contribution in [0.5, 0.6) is 0 Å². The van der Waals surface area contributed by atoms with Crippen LogP contribution in [-0.2, 0) is 16.0 Å². The Balaban J connectivity index is 2.52. The molecule has 100 valence electrons. The molecule has 0 aliphatic carbocycles. The number of unbranched alkanes of at least 4 members (excludes halogenated alkanes) is 1. The van der Waals surface area contributed by atoms with Gasteiger partial charge in [0.05, 0.1) is 17.9 Å². The van der Waals surface area contributed by atoms with Crippen LogP contribution in [0.2, 0.25) is 0 Å². The third-order valence-corrected chi connectivity index (χ3v) is 3.51. The van der Waals surface area contributed by atoms with Gasteiger partial charge in [-0.2, -0.15) is 0 Å². The van der Waals surface area contributed by atoms with Crippen LogP contribution in [0.1, 0.15) is 41.4 Å². The SMILES string of the molecule is CCOC(=O)c1csc(CCCCC(=O)O)c1N. The third kappa shape index (κ3) is 4.03. The van der Waals surface area contributed by atoms with Crippen molar-refractivity contribution in [3.63, 3.8) is 0 Å². The van der Waals surface area contributed by atoms with Crippen molar-refractivity contribution >= 4 is 29.0 Å². The summed E-state index contributed by atoms with van der Waals surface area (Å²) in [6.07, 6.45) is 2.22. The third-order valence-electron chi connectivity index (χ3n) is 2.45. The predicted octanol–water partition coefficient (Wildman–Crippen LogP) is 2.30. The fraction of sp³-hybridized carbons (Fsp3) is 0.500. The Morgan fingerprint density at radius 2 is 2.17 bits per heavy atom. The van der Waals surface area contributed by atoms with Gasteiger partial charge in [0.2, 0.25) is 0 Å². The quantitative estimate of drug-likeness (QED) is 0.586. The molecule has 0 spiro atoms. The molecule has 0 aliphatic heterocycles. The highest BCUT2D eigenvalue weighted by Gasteiger charge is 2.15. The molecular weight excluding hydrogens is 254 g/mol. The molecule has 0 amide bonds. The number of aryl methyl sites for hydroxylation is 1. The summed E-state index contributed by atoms with van der Waals surface area (Å²) in [4.78, 5) is 22.8. The zero-order chi connectivity index (χ0) is 13.5. The highest BCUT2D eigenvalue weighted by molar-refractivity contribution is 7.10. The predicted molar refractivity (Wildman–Crippen MR) is 69.9 cm³/mol. The van der Waals surface area contributed by atoms with Crippen LogP contribution in [0.25, 0.3) is 0 Å². The van der Waals surface area contributed by atoms with Crippen LogP contribution in [-0.4, -0.2) is 23.7 Å². The molecule has 0 fully saturated rings. The van der Waals surface area contributed by atoms with Gasteiger partial charge in [-0.15, -0.1) is 11.3 Å². The number of hydrogen-bond donors (Lipinski definition) is 2. The van der Waals surface area contributed by atoms with Crippen molar-refractivity contribution in [3.8, 4) is 0 Å². The van der Waals surface area contributed by atoms with Crippen molar-refractivity contribution in [1.29, 1.82) is 0 Å². The van der Waals surface area contributed by atoms with E-state index in [1.54, 1.807) is 12.3 Å². The molecule has 18 heavy (non-hydrogen) atoms. The number of carboxylic acid groups (broad SMARTS) is 1. The van der Waals surface area contributed by atoms with Crippen LogP contribution < -0.4 is 5.73 Å². The molecule has 0 unspecified atom stereocenters. The first-order chi connectivity index (χ1) is 8.56. The Hall–Kier alpha value is -1.56. The number of carbonyl (C=O) groups excluding carboxylic acids is 1. The zero-order valence-electron chi connectivity index (χ0n) is 10.3. The summed E-state index contributed by atoms with van der Waals surface area (Å²) in [5.74, 6) is -1.19. The number of thiophene rings is 1. The van der Waals surface area contributed by atoms with Gasteiger partial charge >= 0.3 is 11.9 Å². The number of nitrogens with two attached hydrogens (primary N) is 1. The van der Waals surface area contributed by atoms with Gasteiger partial charge in [0.15, 0.2) is 0 Å². The van der Waals surface area contributed by atoms with E-state index < -0.39 is 11.9 Å². The summed E-state index contributed by atoms with van der Waals surface area (Å²) in [6.45, 7) is 2.06. The van der Waals surface area contributed by atoms with Gasteiger partial charge in [-0.05, 0) is 26.2 Å². The van der Waals surface area contributed by atoms with E-state index in [-0.39, 0.29) is 6.42 Å². The second-order valence-corrected chi connectivity index (χ2v) is 4.77. The summed E-state index contributed by atoms with van der Waals surface area (Å²) in [5, 5.41) is 10.2. The maximum absolute atomic E-state index is 11.5. The molecule has 3 N–H and O–H groups in total. The van der Waals surface area contributed by atoms with Crippen LogP contribution in [0.15, 0.2) is 5.38 Å². The maximum atomic E-state index is 11.5. The van der Waals surface area contributed by atoms with E-state index in [0.29, 0.717) is 30.7 Å². The molecule has 0 radical (unpaired) electrons. The lowest BCUT2D eigenvalue weighted by Gasteiger charge is -2.02. The van der Waals surface area contributed by atoms with Gasteiger partial charge < -0.3 is 15.6 Å². The Bertz CT molecular complexity index is 428. The fourth-order valence-electron chi connectivity index (χ4n) is 1.53. The largest absolute Gasteiger partial charge is 0.481 e. The van der Waals surface area contributed by atoms with Crippen molar-refractivity contribution < 1.29 is 19.4 Å². The van der Waals surface area contributed by atoms with Gasteiger partial charge in [0, 0.05) is 16.7 Å². The summed E-state index contributed by atoms with van der Waals surface area (Å²) in [7, 11) is 0. The molecule has 1 rings (SSSR count). The molecule has 0 aliphatic rings. The summed E-state index contributed by atoms with van der Waals surface area (Å²) >= 11 is 1.42. The second-order valence-electron chi connectivity index (χ2n) is 3.81. The second kappa shape index (κ2) is 7.00. The lowest BCUT2D eigenvalue weighted by atomic mass is 10.1. The first-order valence-electron chi connectivity index (χ1n) is 5.81. The Kier molecular flexibility index (Phi) is 5.64. The van der Waals surface area contributed by atoms with Crippen molar-refractivity contribution in [3.05, 3.63) is 15.8 Å². The van der Waals surface area contributed by atoms with Gasteiger partial charge in [-0.25, -0.2) is 4.79 Å². The molecule has 5 nitrogen and oxygen atoms in total. The Morgan fingerprint density at radius 1 is 1.44 bits per heavy atom. The molecule has 1 aromatic heterocycles. The number of ether oxygens (including phenoxy) is 1. The molecule has 6 heteroatoms. The minimum atomic E-state index is -0.790. The number of nitrogen functional groups attached to an aromatic ring is 1. The molecule has 1 aromatic rings. The number of carbonyl (C=O) groups is 2. The van der Waals surface area contributed by atoms with Crippen LogP contribution in [0.3, 0.4) is 0 Å². The maximum Gasteiger partial charge on any atom is 0.341 e. The fourth-order valence-corrected chi connectivity index (χ4v) is 2.51. The Labute approximate surface area is 110 Å². The van der Waals surface area contributed by atoms with Crippen molar-refractivity contribution in [1.82, 2.24) is 0 Å². The van der Waals surface area contributed by atoms with Gasteiger partial charge in [-0.3, -0.25) is 4.79 Å². The van der Waals surface area contributed by atoms with E-state index in [4.69, 9.17) is 15.6 Å². The standard InChI is InChI=1S/C12H17NO4S/c1-2-17-12(16)8-7-18-9(11(8)13)5-3-4-6-10(14)15/h7H,2-6,13H2,1H3,(H,14,15). The zero-order valence-corrected chi connectivity index (χ0v) is 11.1. The number of esters is 1. The minimum Gasteiger partial charge on any atom is -0.481 e. The molecule has 0 saturated carbocycles. The lowest BCUT2D eigenvalue weighted by Crippen LogP contribution is -2.06. The van der Waals surface area contributed by atoms with Gasteiger partial charge in [-0.1, -0.05) is 0 Å². The molecule has 0 saturated heterocycles. The summed E-state index contributed by atoms with van der Waals surface area (Å²) in [6, 6.07) is 0. The van der Waals surface area contributed by atoms with Crippen molar-refractivity contribution in [2.75, 3.05) is 12.3 Å². The van der Waals surface area contributed by atoms with Crippen LogP contribution in [0, 0.1) is 0 Å². The van der Waals surface area contributed by atoms with E-state index in [2.05, 4.69) is 0 Å². The summed E-state index contributed by atoms with van der Waals surface area (Å²) in [5.41, 5.74) is 6.75. The van der Waals surface area contributed by atoms with E-state index in [1.165, 1.54) is 11.3 Å². The Morgan fingerprint density at radius 3 is 2.78 bits per heavy atom. The van der Waals surface area contributed by atoms with E-state index in [9.17, 15) is 9.59 Å². The highest BCUT2D eigenvalue weighted by Crippen LogP contribution is 2.27. The van der Waals surface area contributed by atoms with Crippen molar-refractivity contribution in [2.45, 2.75) is 32.6 Å². The molecule has 0 bridgehead atoms. The summed E-state index contributed by atoms with van der Waals surface area (Å²) < 4.78 is 4.89. The average Bonchev–Trinajstić information content (AvgIpc) is 2.66. The first kappa shape index (κ1) is 14.5. The number of carboxylic acids is 1. The van der Waals surface area contributed by atoms with Crippen molar-refractivity contribution in [2.24, 2.45) is 0 Å². The number of hydrogen-bond acceptors (Lipinski definition) is 5. The van der Waals surface area contributed by atoms with Gasteiger partial charge in [0.1, 0.15) is 0 Å². The number of aliphatic carboxylic acids is 1. The van der Waals surface area contributed by atoms with Crippen LogP contribution in [0.4, 0.5) is 5.69 Å². The topological polar surface area (TPSA) is 89.6 Å². The highest BCUT2D eigenvalue weighted by atomic mass is 32.1. The molecular formula is C12H17NO4S.